The van der Waals surface area contributed by atoms with Gasteiger partial charge in [0.15, 0.2) is 0 Å². The van der Waals surface area contributed by atoms with E-state index in [4.69, 9.17) is 5.73 Å². The highest BCUT2D eigenvalue weighted by Crippen LogP contribution is 2.31. The van der Waals surface area contributed by atoms with Gasteiger partial charge in [0.2, 0.25) is 0 Å². The number of nitrogens with two attached hydrogens (primary N) is 1. The molecule has 0 bridgehead atoms. The highest BCUT2D eigenvalue weighted by atomic mass is 15.0. The first-order valence-corrected chi connectivity index (χ1v) is 6.54. The molecule has 1 saturated carbocycles. The standard InChI is InChI=1S/C14H18N4/c15-13-4-6-16-8-12(13)14-9-17-10-18(14)7-5-11-2-1-3-11/h4,6,8-11H,1-3,5,7H2,(H2,15,16). The molecular weight excluding hydrogens is 224 g/mol. The number of anilines is 1. The lowest BCUT2D eigenvalue weighted by atomic mass is 9.83. The topological polar surface area (TPSA) is 56.7 Å². The maximum Gasteiger partial charge on any atom is 0.0950 e. The van der Waals surface area contributed by atoms with Crippen LogP contribution in [0, 0.1) is 5.92 Å². The molecule has 1 fully saturated rings. The molecule has 0 radical (unpaired) electrons. The lowest BCUT2D eigenvalue weighted by molar-refractivity contribution is 0.283. The summed E-state index contributed by atoms with van der Waals surface area (Å²) in [4.78, 5) is 8.39. The Morgan fingerprint density at radius 2 is 2.17 bits per heavy atom. The summed E-state index contributed by atoms with van der Waals surface area (Å²) in [5.74, 6) is 0.909. The summed E-state index contributed by atoms with van der Waals surface area (Å²) < 4.78 is 2.19. The minimum atomic E-state index is 0.760. The van der Waals surface area contributed by atoms with Crippen LogP contribution in [0.25, 0.3) is 11.3 Å². The van der Waals surface area contributed by atoms with Gasteiger partial charge in [0.25, 0.3) is 0 Å². The van der Waals surface area contributed by atoms with Crippen LogP contribution in [0.4, 0.5) is 5.69 Å². The average Bonchev–Trinajstić information content (AvgIpc) is 2.76. The van der Waals surface area contributed by atoms with Crippen molar-refractivity contribution in [1.29, 1.82) is 0 Å². The molecular formula is C14H18N4. The Balaban J connectivity index is 1.80. The summed E-state index contributed by atoms with van der Waals surface area (Å²) >= 11 is 0. The predicted octanol–water partition coefficient (Wildman–Crippen LogP) is 2.72. The molecule has 1 aliphatic carbocycles. The molecule has 1 aliphatic rings. The Hall–Kier alpha value is -1.84. The molecule has 0 spiro atoms. The molecule has 2 aromatic heterocycles. The number of nitrogen functional groups attached to an aromatic ring is 1. The van der Waals surface area contributed by atoms with Gasteiger partial charge in [0, 0.05) is 30.2 Å². The van der Waals surface area contributed by atoms with Crippen molar-refractivity contribution in [3.8, 4) is 11.3 Å². The molecule has 0 unspecified atom stereocenters. The van der Waals surface area contributed by atoms with Crippen molar-refractivity contribution in [3.63, 3.8) is 0 Å². The molecule has 0 aromatic carbocycles. The van der Waals surface area contributed by atoms with E-state index in [1.807, 2.05) is 24.8 Å². The van der Waals surface area contributed by atoms with Crippen molar-refractivity contribution in [2.45, 2.75) is 32.2 Å². The molecule has 2 N–H and O–H groups in total. The van der Waals surface area contributed by atoms with E-state index in [1.54, 1.807) is 6.20 Å². The monoisotopic (exact) mass is 242 g/mol. The molecule has 94 valence electrons. The van der Waals surface area contributed by atoms with E-state index < -0.39 is 0 Å². The third-order valence-electron chi connectivity index (χ3n) is 3.85. The van der Waals surface area contributed by atoms with Crippen molar-refractivity contribution >= 4 is 5.69 Å². The second kappa shape index (κ2) is 4.80. The second-order valence-corrected chi connectivity index (χ2v) is 5.02. The molecule has 0 amide bonds. The summed E-state index contributed by atoms with van der Waals surface area (Å²) in [5.41, 5.74) is 8.80. The SMILES string of the molecule is Nc1ccncc1-c1cncn1CCC1CCC1. The highest BCUT2D eigenvalue weighted by Gasteiger charge is 2.17. The third kappa shape index (κ3) is 2.10. The maximum atomic E-state index is 5.99. The summed E-state index contributed by atoms with van der Waals surface area (Å²) in [6, 6.07) is 1.83. The van der Waals surface area contributed by atoms with Gasteiger partial charge in [0.1, 0.15) is 0 Å². The first kappa shape index (κ1) is 11.3. The fraction of sp³-hybridized carbons (Fsp3) is 0.429. The summed E-state index contributed by atoms with van der Waals surface area (Å²) in [6.45, 7) is 1.02. The van der Waals surface area contributed by atoms with E-state index in [1.165, 1.54) is 25.7 Å². The van der Waals surface area contributed by atoms with Crippen LogP contribution < -0.4 is 5.73 Å². The van der Waals surface area contributed by atoms with Crippen molar-refractivity contribution in [3.05, 3.63) is 31.0 Å². The molecule has 4 heteroatoms. The number of hydrogen-bond acceptors (Lipinski definition) is 3. The fourth-order valence-corrected chi connectivity index (χ4v) is 2.45. The zero-order valence-electron chi connectivity index (χ0n) is 10.4. The first-order chi connectivity index (χ1) is 8.84. The highest BCUT2D eigenvalue weighted by molar-refractivity contribution is 5.72. The number of imidazole rings is 1. The quantitative estimate of drug-likeness (QED) is 0.896. The van der Waals surface area contributed by atoms with Crippen molar-refractivity contribution < 1.29 is 0 Å². The van der Waals surface area contributed by atoms with Crippen LogP contribution in [-0.2, 0) is 6.54 Å². The average molecular weight is 242 g/mol. The van der Waals surface area contributed by atoms with Crippen LogP contribution in [-0.4, -0.2) is 14.5 Å². The van der Waals surface area contributed by atoms with Crippen LogP contribution in [0.3, 0.4) is 0 Å². The van der Waals surface area contributed by atoms with Crippen LogP contribution in [0.1, 0.15) is 25.7 Å². The molecule has 2 heterocycles. The zero-order valence-corrected chi connectivity index (χ0v) is 10.4. The lowest BCUT2D eigenvalue weighted by Crippen LogP contribution is -2.14. The van der Waals surface area contributed by atoms with E-state index >= 15 is 0 Å². The zero-order chi connectivity index (χ0) is 12.4. The first-order valence-electron chi connectivity index (χ1n) is 6.54. The molecule has 4 nitrogen and oxygen atoms in total. The van der Waals surface area contributed by atoms with Gasteiger partial charge in [-0.25, -0.2) is 4.98 Å². The Bertz CT molecular complexity index is 528. The molecule has 0 atom stereocenters. The van der Waals surface area contributed by atoms with Gasteiger partial charge >= 0.3 is 0 Å². The number of nitrogens with zero attached hydrogens (tertiary/aromatic N) is 3. The predicted molar refractivity (Wildman–Crippen MR) is 71.8 cm³/mol. The van der Waals surface area contributed by atoms with Crippen LogP contribution in [0.15, 0.2) is 31.0 Å². The van der Waals surface area contributed by atoms with Gasteiger partial charge in [-0.15, -0.1) is 0 Å². The molecule has 18 heavy (non-hydrogen) atoms. The normalized spacial score (nSPS) is 15.6. The number of hydrogen-bond donors (Lipinski definition) is 1. The summed E-state index contributed by atoms with van der Waals surface area (Å²) in [6.07, 6.45) is 12.7. The van der Waals surface area contributed by atoms with Gasteiger partial charge in [-0.3, -0.25) is 4.98 Å². The number of aryl methyl sites for hydroxylation is 1. The Kier molecular flexibility index (Phi) is 3.00. The van der Waals surface area contributed by atoms with Crippen LogP contribution in [0.5, 0.6) is 0 Å². The smallest absolute Gasteiger partial charge is 0.0950 e. The molecule has 0 aliphatic heterocycles. The van der Waals surface area contributed by atoms with Crippen molar-refractivity contribution in [1.82, 2.24) is 14.5 Å². The number of rotatable bonds is 4. The van der Waals surface area contributed by atoms with E-state index in [-0.39, 0.29) is 0 Å². The summed E-state index contributed by atoms with van der Waals surface area (Å²) in [7, 11) is 0. The van der Waals surface area contributed by atoms with Crippen molar-refractivity contribution in [2.24, 2.45) is 5.92 Å². The summed E-state index contributed by atoms with van der Waals surface area (Å²) in [5, 5.41) is 0. The third-order valence-corrected chi connectivity index (χ3v) is 3.85. The minimum Gasteiger partial charge on any atom is -0.398 e. The molecule has 2 aromatic rings. The second-order valence-electron chi connectivity index (χ2n) is 5.02. The Labute approximate surface area is 107 Å². The number of pyridine rings is 1. The largest absolute Gasteiger partial charge is 0.398 e. The van der Waals surface area contributed by atoms with Gasteiger partial charge in [-0.2, -0.15) is 0 Å². The fourth-order valence-electron chi connectivity index (χ4n) is 2.45. The van der Waals surface area contributed by atoms with E-state index in [9.17, 15) is 0 Å². The number of aromatic nitrogens is 3. The van der Waals surface area contributed by atoms with E-state index in [0.717, 1.165) is 29.4 Å². The maximum absolute atomic E-state index is 5.99. The van der Waals surface area contributed by atoms with E-state index in [0.29, 0.717) is 0 Å². The van der Waals surface area contributed by atoms with Gasteiger partial charge in [-0.05, 0) is 18.4 Å². The van der Waals surface area contributed by atoms with Gasteiger partial charge in [0.05, 0.1) is 18.2 Å². The molecule has 0 saturated heterocycles. The van der Waals surface area contributed by atoms with Crippen molar-refractivity contribution in [2.75, 3.05) is 5.73 Å². The van der Waals surface area contributed by atoms with E-state index in [2.05, 4.69) is 14.5 Å². The van der Waals surface area contributed by atoms with Crippen LogP contribution in [0.2, 0.25) is 0 Å². The lowest BCUT2D eigenvalue weighted by Gasteiger charge is -2.25. The Morgan fingerprint density at radius 3 is 2.89 bits per heavy atom. The van der Waals surface area contributed by atoms with Gasteiger partial charge in [-0.1, -0.05) is 19.3 Å². The Morgan fingerprint density at radius 1 is 1.28 bits per heavy atom. The molecule has 3 rings (SSSR count). The van der Waals surface area contributed by atoms with Gasteiger partial charge < -0.3 is 10.3 Å². The van der Waals surface area contributed by atoms with Crippen LogP contribution >= 0.6 is 0 Å². The minimum absolute atomic E-state index is 0.760.